The third kappa shape index (κ3) is 10.1. The van der Waals surface area contributed by atoms with E-state index in [2.05, 4.69) is 13.8 Å². The molecule has 0 heterocycles. The Morgan fingerprint density at radius 2 is 0.893 bits per heavy atom. The summed E-state index contributed by atoms with van der Waals surface area (Å²) in [6, 6.07) is 0. The van der Waals surface area contributed by atoms with Crippen molar-refractivity contribution in [1.82, 2.24) is 0 Å². The summed E-state index contributed by atoms with van der Waals surface area (Å²) < 4.78 is 23.9. The third-order valence-electron chi connectivity index (χ3n) is 7.35. The maximum absolute atomic E-state index is 12.3. The van der Waals surface area contributed by atoms with E-state index in [9.17, 15) is 8.42 Å². The summed E-state index contributed by atoms with van der Waals surface area (Å²) in [4.78, 5) is 0. The predicted molar refractivity (Wildman–Crippen MR) is 125 cm³/mol. The molecule has 168 valence electrons. The molecule has 0 aliphatic heterocycles. The molecule has 0 atom stereocenters. The first-order valence-electron chi connectivity index (χ1n) is 12.3. The van der Waals surface area contributed by atoms with Crippen LogP contribution in [0.4, 0.5) is 0 Å². The molecule has 0 amide bonds. The second-order valence-electron chi connectivity index (χ2n) is 10.9. The summed E-state index contributed by atoms with van der Waals surface area (Å²) >= 11 is 0. The molecule has 0 aromatic heterocycles. The van der Waals surface area contributed by atoms with Gasteiger partial charge < -0.3 is 0 Å². The number of rotatable bonds is 4. The quantitative estimate of drug-likeness (QED) is 0.465. The van der Waals surface area contributed by atoms with E-state index < -0.39 is 14.6 Å². The standard InChI is InChI=1S/C25H50O2S/c1-24(2,22-25(3,4)28(5,26)27)23-20-18-16-14-12-10-8-6-7-9-11-13-15-17-19-21-23/h23H,6-22H2,1-5H3. The number of hydrogen-bond donors (Lipinski definition) is 0. The Morgan fingerprint density at radius 3 is 1.18 bits per heavy atom. The highest BCUT2D eigenvalue weighted by Crippen LogP contribution is 2.43. The average Bonchev–Trinajstić information content (AvgIpc) is 2.57. The van der Waals surface area contributed by atoms with Gasteiger partial charge in [-0.2, -0.15) is 0 Å². The molecule has 1 aliphatic rings. The summed E-state index contributed by atoms with van der Waals surface area (Å²) in [6.07, 6.45) is 24.1. The van der Waals surface area contributed by atoms with Crippen molar-refractivity contribution < 1.29 is 8.42 Å². The Labute approximate surface area is 177 Å². The molecule has 1 fully saturated rings. The normalized spacial score (nSPS) is 21.9. The zero-order valence-corrected chi connectivity index (χ0v) is 20.6. The fraction of sp³-hybridized carbons (Fsp3) is 1.00. The molecule has 1 aliphatic carbocycles. The lowest BCUT2D eigenvalue weighted by Gasteiger charge is -2.40. The van der Waals surface area contributed by atoms with Gasteiger partial charge in [-0.25, -0.2) is 8.42 Å². The van der Waals surface area contributed by atoms with Crippen molar-refractivity contribution in [3.8, 4) is 0 Å². The van der Waals surface area contributed by atoms with Crippen molar-refractivity contribution >= 4 is 9.84 Å². The smallest absolute Gasteiger partial charge is 0.152 e. The van der Waals surface area contributed by atoms with Gasteiger partial charge in [0.1, 0.15) is 0 Å². The molecule has 3 heteroatoms. The fourth-order valence-electron chi connectivity index (χ4n) is 5.20. The first-order valence-corrected chi connectivity index (χ1v) is 14.1. The minimum Gasteiger partial charge on any atom is -0.229 e. The van der Waals surface area contributed by atoms with Crippen LogP contribution in [-0.4, -0.2) is 19.4 Å². The fourth-order valence-corrected chi connectivity index (χ4v) is 5.84. The molecule has 0 bridgehead atoms. The lowest BCUT2D eigenvalue weighted by Crippen LogP contribution is -2.39. The zero-order chi connectivity index (χ0) is 21.1. The summed E-state index contributed by atoms with van der Waals surface area (Å²) in [5.41, 5.74) is 0.0789. The Bertz CT molecular complexity index is 487. The van der Waals surface area contributed by atoms with Gasteiger partial charge in [0.25, 0.3) is 0 Å². The van der Waals surface area contributed by atoms with Crippen molar-refractivity contribution in [2.75, 3.05) is 6.26 Å². The van der Waals surface area contributed by atoms with Gasteiger partial charge in [0.15, 0.2) is 9.84 Å². The molecule has 0 saturated heterocycles. The van der Waals surface area contributed by atoms with Crippen LogP contribution in [-0.2, 0) is 9.84 Å². The van der Waals surface area contributed by atoms with E-state index in [1.807, 2.05) is 13.8 Å². The molecule has 0 N–H and O–H groups in total. The van der Waals surface area contributed by atoms with E-state index >= 15 is 0 Å². The summed E-state index contributed by atoms with van der Waals surface area (Å²) in [7, 11) is -3.03. The second-order valence-corrected chi connectivity index (χ2v) is 13.6. The van der Waals surface area contributed by atoms with Crippen molar-refractivity contribution in [1.29, 1.82) is 0 Å². The maximum Gasteiger partial charge on any atom is 0.152 e. The molecule has 1 rings (SSSR count). The molecule has 0 aromatic carbocycles. The summed E-state index contributed by atoms with van der Waals surface area (Å²) in [5.74, 6) is 0.643. The SMILES string of the molecule is CC(C)(CC(C)(C)S(C)(=O)=O)C1CCCCCCCCCCCCCCCC1. The summed E-state index contributed by atoms with van der Waals surface area (Å²) in [5, 5.41) is 0. The largest absolute Gasteiger partial charge is 0.229 e. The van der Waals surface area contributed by atoms with Crippen LogP contribution in [0.25, 0.3) is 0 Å². The monoisotopic (exact) mass is 414 g/mol. The molecule has 1 saturated carbocycles. The van der Waals surface area contributed by atoms with Crippen LogP contribution < -0.4 is 0 Å². The van der Waals surface area contributed by atoms with Gasteiger partial charge in [0.05, 0.1) is 4.75 Å². The van der Waals surface area contributed by atoms with Crippen molar-refractivity contribution in [2.45, 2.75) is 142 Å². The number of hydrogen-bond acceptors (Lipinski definition) is 2. The maximum atomic E-state index is 12.3. The first-order chi connectivity index (χ1) is 13.1. The van der Waals surface area contributed by atoms with Crippen LogP contribution in [0.3, 0.4) is 0 Å². The Balaban J connectivity index is 2.69. The van der Waals surface area contributed by atoms with Gasteiger partial charge in [-0.15, -0.1) is 0 Å². The minimum atomic E-state index is -3.03. The minimum absolute atomic E-state index is 0.0789. The molecule has 0 spiro atoms. The van der Waals surface area contributed by atoms with E-state index in [0.717, 1.165) is 6.42 Å². The lowest BCUT2D eigenvalue weighted by molar-refractivity contribution is 0.149. The van der Waals surface area contributed by atoms with E-state index in [1.165, 1.54) is 109 Å². The van der Waals surface area contributed by atoms with Gasteiger partial charge in [0.2, 0.25) is 0 Å². The van der Waals surface area contributed by atoms with Gasteiger partial charge >= 0.3 is 0 Å². The van der Waals surface area contributed by atoms with Crippen molar-refractivity contribution in [2.24, 2.45) is 11.3 Å². The van der Waals surface area contributed by atoms with Crippen LogP contribution in [0.5, 0.6) is 0 Å². The predicted octanol–water partition coefficient (Wildman–Crippen LogP) is 8.10. The molecule has 0 aromatic rings. The van der Waals surface area contributed by atoms with Crippen LogP contribution in [0.1, 0.15) is 137 Å². The van der Waals surface area contributed by atoms with E-state index in [4.69, 9.17) is 0 Å². The van der Waals surface area contributed by atoms with E-state index in [-0.39, 0.29) is 5.41 Å². The molecule has 28 heavy (non-hydrogen) atoms. The highest BCUT2D eigenvalue weighted by molar-refractivity contribution is 7.92. The number of sulfone groups is 1. The highest BCUT2D eigenvalue weighted by Gasteiger charge is 2.39. The Morgan fingerprint density at radius 1 is 0.607 bits per heavy atom. The zero-order valence-electron chi connectivity index (χ0n) is 19.8. The van der Waals surface area contributed by atoms with E-state index in [0.29, 0.717) is 5.92 Å². The van der Waals surface area contributed by atoms with Crippen LogP contribution in [0, 0.1) is 11.3 Å². The molecular weight excluding hydrogens is 364 g/mol. The molecule has 2 nitrogen and oxygen atoms in total. The molecule has 0 radical (unpaired) electrons. The highest BCUT2D eigenvalue weighted by atomic mass is 32.2. The van der Waals surface area contributed by atoms with E-state index in [1.54, 1.807) is 0 Å². The van der Waals surface area contributed by atoms with Gasteiger partial charge in [-0.1, -0.05) is 104 Å². The molecular formula is C25H50O2S. The van der Waals surface area contributed by atoms with Crippen molar-refractivity contribution in [3.05, 3.63) is 0 Å². The topological polar surface area (TPSA) is 34.1 Å². The second kappa shape index (κ2) is 12.6. The van der Waals surface area contributed by atoms with Crippen LogP contribution in [0.15, 0.2) is 0 Å². The third-order valence-corrected chi connectivity index (χ3v) is 9.50. The first kappa shape index (κ1) is 26.0. The molecule has 0 unspecified atom stereocenters. The van der Waals surface area contributed by atoms with Crippen LogP contribution in [0.2, 0.25) is 0 Å². The van der Waals surface area contributed by atoms with Gasteiger partial charge in [-0.05, 0) is 44.4 Å². The van der Waals surface area contributed by atoms with Gasteiger partial charge in [0, 0.05) is 6.26 Å². The Hall–Kier alpha value is -0.0500. The van der Waals surface area contributed by atoms with Crippen LogP contribution >= 0.6 is 0 Å². The Kier molecular flexibility index (Phi) is 11.7. The van der Waals surface area contributed by atoms with Crippen molar-refractivity contribution in [3.63, 3.8) is 0 Å². The summed E-state index contributed by atoms with van der Waals surface area (Å²) in [6.45, 7) is 8.49. The lowest BCUT2D eigenvalue weighted by atomic mass is 9.69. The van der Waals surface area contributed by atoms with Gasteiger partial charge in [-0.3, -0.25) is 0 Å². The average molecular weight is 415 g/mol.